The zero-order valence-electron chi connectivity index (χ0n) is 15.3. The summed E-state index contributed by atoms with van der Waals surface area (Å²) in [4.78, 5) is 29.0. The summed E-state index contributed by atoms with van der Waals surface area (Å²) in [5, 5.41) is 0. The molecule has 2 saturated heterocycles. The SMILES string of the molecule is Cl.N[C@@H]1CN(C(=O)C2CCN(c3ccc(F)cc3)C2=O)C[C@H]1c1ccccc1. The fourth-order valence-corrected chi connectivity index (χ4v) is 4.07. The summed E-state index contributed by atoms with van der Waals surface area (Å²) in [5.41, 5.74) is 8.02. The highest BCUT2D eigenvalue weighted by Gasteiger charge is 2.43. The molecule has 2 heterocycles. The van der Waals surface area contributed by atoms with Crippen LogP contribution in [0.1, 0.15) is 17.9 Å². The van der Waals surface area contributed by atoms with E-state index in [2.05, 4.69) is 0 Å². The predicted octanol–water partition coefficient (Wildman–Crippen LogP) is 2.55. The van der Waals surface area contributed by atoms with E-state index in [-0.39, 0.29) is 42.0 Å². The van der Waals surface area contributed by atoms with Gasteiger partial charge in [-0.3, -0.25) is 9.59 Å². The fourth-order valence-electron chi connectivity index (χ4n) is 4.07. The first-order chi connectivity index (χ1) is 13.0. The monoisotopic (exact) mass is 403 g/mol. The van der Waals surface area contributed by atoms with Crippen molar-refractivity contribution in [3.63, 3.8) is 0 Å². The summed E-state index contributed by atoms with van der Waals surface area (Å²) in [6.45, 7) is 1.45. The van der Waals surface area contributed by atoms with Gasteiger partial charge in [-0.2, -0.15) is 0 Å². The molecule has 2 aliphatic rings. The Balaban J connectivity index is 0.00000225. The molecule has 4 rings (SSSR count). The van der Waals surface area contributed by atoms with Crippen LogP contribution in [0, 0.1) is 11.7 Å². The van der Waals surface area contributed by atoms with Crippen molar-refractivity contribution in [2.45, 2.75) is 18.4 Å². The van der Waals surface area contributed by atoms with Gasteiger partial charge >= 0.3 is 0 Å². The van der Waals surface area contributed by atoms with E-state index in [1.807, 2.05) is 30.3 Å². The van der Waals surface area contributed by atoms with Crippen molar-refractivity contribution in [2.24, 2.45) is 11.7 Å². The Morgan fingerprint density at radius 2 is 1.71 bits per heavy atom. The first-order valence-electron chi connectivity index (χ1n) is 9.21. The van der Waals surface area contributed by atoms with Crippen LogP contribution in [0.3, 0.4) is 0 Å². The van der Waals surface area contributed by atoms with E-state index in [1.165, 1.54) is 12.1 Å². The number of hydrogen-bond acceptors (Lipinski definition) is 3. The molecule has 2 aliphatic heterocycles. The molecule has 0 radical (unpaired) electrons. The molecule has 1 unspecified atom stereocenters. The van der Waals surface area contributed by atoms with Crippen LogP contribution < -0.4 is 10.6 Å². The van der Waals surface area contributed by atoms with Crippen molar-refractivity contribution >= 4 is 29.9 Å². The highest BCUT2D eigenvalue weighted by molar-refractivity contribution is 6.09. The summed E-state index contributed by atoms with van der Waals surface area (Å²) in [7, 11) is 0. The van der Waals surface area contributed by atoms with Crippen LogP contribution >= 0.6 is 12.4 Å². The standard InChI is InChI=1S/C21H22FN3O2.ClH/c22-15-6-8-16(9-7-15)25-11-10-17(21(25)27)20(26)24-12-18(19(23)13-24)14-4-2-1-3-5-14;/h1-9,17-19H,10-13,23H2;1H/t17?,18-,19+;/m0./s1. The lowest BCUT2D eigenvalue weighted by Gasteiger charge is -2.21. The minimum absolute atomic E-state index is 0. The second-order valence-corrected chi connectivity index (χ2v) is 7.23. The topological polar surface area (TPSA) is 66.6 Å². The number of nitrogens with zero attached hydrogens (tertiary/aromatic N) is 2. The van der Waals surface area contributed by atoms with Crippen molar-refractivity contribution in [1.29, 1.82) is 0 Å². The molecule has 2 fully saturated rings. The molecule has 7 heteroatoms. The van der Waals surface area contributed by atoms with Gasteiger partial charge < -0.3 is 15.5 Å². The largest absolute Gasteiger partial charge is 0.340 e. The highest BCUT2D eigenvalue weighted by atomic mass is 35.5. The highest BCUT2D eigenvalue weighted by Crippen LogP contribution is 2.31. The Kier molecular flexibility index (Phi) is 6.01. The van der Waals surface area contributed by atoms with Gasteiger partial charge in [0, 0.05) is 37.3 Å². The van der Waals surface area contributed by atoms with Crippen molar-refractivity contribution < 1.29 is 14.0 Å². The van der Waals surface area contributed by atoms with Crippen molar-refractivity contribution in [2.75, 3.05) is 24.5 Å². The Labute approximate surface area is 169 Å². The van der Waals surface area contributed by atoms with E-state index in [0.717, 1.165) is 5.56 Å². The van der Waals surface area contributed by atoms with Crippen LogP contribution in [-0.4, -0.2) is 42.4 Å². The summed E-state index contributed by atoms with van der Waals surface area (Å²) >= 11 is 0. The third-order valence-corrected chi connectivity index (χ3v) is 5.55. The van der Waals surface area contributed by atoms with Crippen LogP contribution in [0.5, 0.6) is 0 Å². The Bertz CT molecular complexity index is 846. The summed E-state index contributed by atoms with van der Waals surface area (Å²) in [5.74, 6) is -1.32. The summed E-state index contributed by atoms with van der Waals surface area (Å²) < 4.78 is 13.1. The number of carbonyl (C=O) groups excluding carboxylic acids is 2. The first kappa shape index (κ1) is 20.3. The second-order valence-electron chi connectivity index (χ2n) is 7.23. The Hall–Kier alpha value is -2.44. The van der Waals surface area contributed by atoms with Gasteiger partial charge in [-0.05, 0) is 36.2 Å². The van der Waals surface area contributed by atoms with Gasteiger partial charge in [-0.15, -0.1) is 12.4 Å². The second kappa shape index (κ2) is 8.29. The van der Waals surface area contributed by atoms with Gasteiger partial charge in [0.15, 0.2) is 0 Å². The zero-order valence-corrected chi connectivity index (χ0v) is 16.1. The fraction of sp³-hybridized carbons (Fsp3) is 0.333. The van der Waals surface area contributed by atoms with Crippen molar-refractivity contribution in [1.82, 2.24) is 4.90 Å². The molecule has 2 amide bonds. The summed E-state index contributed by atoms with van der Waals surface area (Å²) in [6, 6.07) is 15.6. The molecule has 3 atom stereocenters. The van der Waals surface area contributed by atoms with Crippen LogP contribution in [0.15, 0.2) is 54.6 Å². The molecule has 5 nitrogen and oxygen atoms in total. The molecule has 148 valence electrons. The number of halogens is 2. The average Bonchev–Trinajstić information content (AvgIpc) is 3.26. The van der Waals surface area contributed by atoms with Crippen molar-refractivity contribution in [3.8, 4) is 0 Å². The molecule has 2 aromatic carbocycles. The minimum atomic E-state index is -0.684. The van der Waals surface area contributed by atoms with E-state index in [0.29, 0.717) is 31.7 Å². The van der Waals surface area contributed by atoms with Gasteiger partial charge in [0.05, 0.1) is 0 Å². The third kappa shape index (κ3) is 3.75. The number of amides is 2. The molecule has 0 bridgehead atoms. The molecule has 28 heavy (non-hydrogen) atoms. The lowest BCUT2D eigenvalue weighted by molar-refractivity contribution is -0.139. The maximum Gasteiger partial charge on any atom is 0.239 e. The predicted molar refractivity (Wildman–Crippen MR) is 108 cm³/mol. The molecular weight excluding hydrogens is 381 g/mol. The van der Waals surface area contributed by atoms with Gasteiger partial charge in [0.25, 0.3) is 0 Å². The van der Waals surface area contributed by atoms with E-state index in [1.54, 1.807) is 21.9 Å². The van der Waals surface area contributed by atoms with Crippen molar-refractivity contribution in [3.05, 3.63) is 66.0 Å². The molecule has 0 spiro atoms. The number of carbonyl (C=O) groups is 2. The number of hydrogen-bond donors (Lipinski definition) is 1. The van der Waals surface area contributed by atoms with E-state index >= 15 is 0 Å². The lowest BCUT2D eigenvalue weighted by atomic mass is 9.95. The Morgan fingerprint density at radius 1 is 1.04 bits per heavy atom. The van der Waals surface area contributed by atoms with Gasteiger partial charge in [0.1, 0.15) is 11.7 Å². The normalized spacial score (nSPS) is 24.4. The third-order valence-electron chi connectivity index (χ3n) is 5.55. The number of anilines is 1. The van der Waals surface area contributed by atoms with Crippen LogP contribution in [0.2, 0.25) is 0 Å². The quantitative estimate of drug-likeness (QED) is 0.801. The molecule has 0 aliphatic carbocycles. The average molecular weight is 404 g/mol. The van der Waals surface area contributed by atoms with Gasteiger partial charge in [-0.25, -0.2) is 4.39 Å². The van der Waals surface area contributed by atoms with E-state index in [9.17, 15) is 14.0 Å². The maximum atomic E-state index is 13.1. The van der Waals surface area contributed by atoms with E-state index in [4.69, 9.17) is 5.73 Å². The maximum absolute atomic E-state index is 13.1. The molecule has 0 saturated carbocycles. The van der Waals surface area contributed by atoms with Gasteiger partial charge in [0.2, 0.25) is 11.8 Å². The van der Waals surface area contributed by atoms with Gasteiger partial charge in [-0.1, -0.05) is 30.3 Å². The molecule has 2 N–H and O–H groups in total. The Morgan fingerprint density at radius 3 is 2.39 bits per heavy atom. The number of benzene rings is 2. The number of nitrogens with two attached hydrogens (primary N) is 1. The lowest BCUT2D eigenvalue weighted by Crippen LogP contribution is -2.40. The first-order valence-corrected chi connectivity index (χ1v) is 9.21. The summed E-state index contributed by atoms with van der Waals surface area (Å²) in [6.07, 6.45) is 0.469. The number of likely N-dealkylation sites (tertiary alicyclic amines) is 1. The van der Waals surface area contributed by atoms with Crippen LogP contribution in [-0.2, 0) is 9.59 Å². The smallest absolute Gasteiger partial charge is 0.239 e. The zero-order chi connectivity index (χ0) is 19.0. The molecule has 0 aromatic heterocycles. The molecular formula is C21H23ClFN3O2. The van der Waals surface area contributed by atoms with Crippen LogP contribution in [0.4, 0.5) is 10.1 Å². The minimum Gasteiger partial charge on any atom is -0.340 e. The van der Waals surface area contributed by atoms with E-state index < -0.39 is 5.92 Å². The van der Waals surface area contributed by atoms with Crippen LogP contribution in [0.25, 0.3) is 0 Å². The molecule has 2 aromatic rings. The number of rotatable bonds is 3.